The van der Waals surface area contributed by atoms with Gasteiger partial charge in [-0.25, -0.2) is 0 Å². The van der Waals surface area contributed by atoms with Crippen LogP contribution in [0, 0.1) is 21.4 Å². The van der Waals surface area contributed by atoms with E-state index in [0.29, 0.717) is 5.56 Å². The molecule has 6 nitrogen and oxygen atoms in total. The number of rotatable bonds is 4. The Morgan fingerprint density at radius 1 is 1.61 bits per heavy atom. The van der Waals surface area contributed by atoms with Crippen LogP contribution in [-0.2, 0) is 21.8 Å². The Balaban J connectivity index is 3.36. The summed E-state index contributed by atoms with van der Waals surface area (Å²) in [5, 5.41) is 19.8. The predicted molar refractivity (Wildman–Crippen MR) is 63.1 cm³/mol. The SMILES string of the molecule is COC(=O)Cc1ccc([N+](=O)[O-])c(CCl)c1C#N. The Morgan fingerprint density at radius 2 is 2.28 bits per heavy atom. The standard InChI is InChI=1S/C11H9ClN2O4/c1-18-11(15)4-7-2-3-10(14(16)17)8(5-12)9(7)6-13/h2-3H,4-5H2,1H3. The summed E-state index contributed by atoms with van der Waals surface area (Å²) in [6, 6.07) is 4.44. The van der Waals surface area contributed by atoms with E-state index < -0.39 is 10.9 Å². The second kappa shape index (κ2) is 5.98. The molecule has 0 saturated heterocycles. The highest BCUT2D eigenvalue weighted by Crippen LogP contribution is 2.27. The number of nitriles is 1. The van der Waals surface area contributed by atoms with Crippen LogP contribution >= 0.6 is 11.6 Å². The highest BCUT2D eigenvalue weighted by atomic mass is 35.5. The summed E-state index contributed by atoms with van der Waals surface area (Å²) >= 11 is 5.63. The lowest BCUT2D eigenvalue weighted by atomic mass is 9.99. The fraction of sp³-hybridized carbons (Fsp3) is 0.273. The van der Waals surface area contributed by atoms with Gasteiger partial charge in [0.25, 0.3) is 5.69 Å². The Morgan fingerprint density at radius 3 is 2.72 bits per heavy atom. The van der Waals surface area contributed by atoms with E-state index in [1.54, 1.807) is 0 Å². The Kier molecular flexibility index (Phi) is 4.63. The van der Waals surface area contributed by atoms with E-state index in [1.165, 1.54) is 19.2 Å². The van der Waals surface area contributed by atoms with Crippen molar-refractivity contribution in [2.75, 3.05) is 7.11 Å². The summed E-state index contributed by atoms with van der Waals surface area (Å²) in [4.78, 5) is 21.3. The largest absolute Gasteiger partial charge is 0.469 e. The summed E-state index contributed by atoms with van der Waals surface area (Å²) in [7, 11) is 1.22. The van der Waals surface area contributed by atoms with Crippen molar-refractivity contribution in [2.24, 2.45) is 0 Å². The molecule has 18 heavy (non-hydrogen) atoms. The minimum Gasteiger partial charge on any atom is -0.469 e. The Hall–Kier alpha value is -2.13. The molecule has 0 N–H and O–H groups in total. The van der Waals surface area contributed by atoms with E-state index in [-0.39, 0.29) is 29.1 Å². The van der Waals surface area contributed by atoms with Crippen LogP contribution in [0.15, 0.2) is 12.1 Å². The highest BCUT2D eigenvalue weighted by Gasteiger charge is 2.21. The molecule has 0 saturated carbocycles. The summed E-state index contributed by atoms with van der Waals surface area (Å²) in [6.07, 6.45) is -0.124. The minimum absolute atomic E-state index is 0.0598. The number of nitro groups is 1. The van der Waals surface area contributed by atoms with Gasteiger partial charge in [-0.15, -0.1) is 11.6 Å². The van der Waals surface area contributed by atoms with Crippen LogP contribution in [0.1, 0.15) is 16.7 Å². The molecule has 1 aromatic carbocycles. The zero-order chi connectivity index (χ0) is 13.7. The lowest BCUT2D eigenvalue weighted by Crippen LogP contribution is -2.08. The third-order valence-electron chi connectivity index (χ3n) is 2.38. The minimum atomic E-state index is -0.611. The summed E-state index contributed by atoms with van der Waals surface area (Å²) in [6.45, 7) is 0. The summed E-state index contributed by atoms with van der Waals surface area (Å²) < 4.78 is 4.49. The van der Waals surface area contributed by atoms with Gasteiger partial charge in [0.2, 0.25) is 0 Å². The number of benzene rings is 1. The highest BCUT2D eigenvalue weighted by molar-refractivity contribution is 6.17. The van der Waals surface area contributed by atoms with E-state index in [9.17, 15) is 14.9 Å². The fourth-order valence-corrected chi connectivity index (χ4v) is 1.78. The normalized spacial score (nSPS) is 9.61. The molecular weight excluding hydrogens is 260 g/mol. The topological polar surface area (TPSA) is 93.2 Å². The van der Waals surface area contributed by atoms with Crippen LogP contribution < -0.4 is 0 Å². The number of methoxy groups -OCH3 is 1. The molecule has 1 aromatic rings. The molecule has 0 bridgehead atoms. The van der Waals surface area contributed by atoms with Gasteiger partial charge in [0.05, 0.1) is 35.5 Å². The van der Waals surface area contributed by atoms with Crippen molar-refractivity contribution in [1.29, 1.82) is 5.26 Å². The number of carbonyl (C=O) groups excluding carboxylic acids is 1. The molecule has 0 radical (unpaired) electrons. The number of hydrogen-bond donors (Lipinski definition) is 0. The van der Waals surface area contributed by atoms with Gasteiger partial charge in [-0.1, -0.05) is 6.07 Å². The van der Waals surface area contributed by atoms with Gasteiger partial charge < -0.3 is 4.74 Å². The smallest absolute Gasteiger partial charge is 0.310 e. The number of nitrogens with zero attached hydrogens (tertiary/aromatic N) is 2. The third-order valence-corrected chi connectivity index (χ3v) is 2.65. The van der Waals surface area contributed by atoms with Crippen LogP contribution in [0.2, 0.25) is 0 Å². The van der Waals surface area contributed by atoms with Gasteiger partial charge in [-0.2, -0.15) is 5.26 Å². The molecular formula is C11H9ClN2O4. The van der Waals surface area contributed by atoms with Crippen molar-refractivity contribution < 1.29 is 14.5 Å². The van der Waals surface area contributed by atoms with Gasteiger partial charge in [0, 0.05) is 6.07 Å². The second-order valence-corrected chi connectivity index (χ2v) is 3.62. The lowest BCUT2D eigenvalue weighted by molar-refractivity contribution is -0.385. The monoisotopic (exact) mass is 268 g/mol. The number of ether oxygens (including phenoxy) is 1. The van der Waals surface area contributed by atoms with Gasteiger partial charge in [-0.05, 0) is 5.56 Å². The molecule has 0 heterocycles. The van der Waals surface area contributed by atoms with Crippen LogP contribution in [-0.4, -0.2) is 18.0 Å². The first-order chi connectivity index (χ1) is 8.54. The molecule has 0 fully saturated rings. The quantitative estimate of drug-likeness (QED) is 0.360. The van der Waals surface area contributed by atoms with E-state index in [2.05, 4.69) is 4.74 Å². The fourth-order valence-electron chi connectivity index (χ4n) is 1.51. The van der Waals surface area contributed by atoms with Crippen LogP contribution in [0.4, 0.5) is 5.69 Å². The molecule has 0 aliphatic heterocycles. The maximum absolute atomic E-state index is 11.2. The van der Waals surface area contributed by atoms with Gasteiger partial charge in [0.1, 0.15) is 6.07 Å². The molecule has 0 spiro atoms. The molecule has 0 aromatic heterocycles. The van der Waals surface area contributed by atoms with Crippen LogP contribution in [0.3, 0.4) is 0 Å². The second-order valence-electron chi connectivity index (χ2n) is 3.35. The first kappa shape index (κ1) is 13.9. The maximum atomic E-state index is 11.2. The number of carbonyl (C=O) groups is 1. The van der Waals surface area contributed by atoms with Gasteiger partial charge in [-0.3, -0.25) is 14.9 Å². The molecule has 0 unspecified atom stereocenters. The van der Waals surface area contributed by atoms with Crippen molar-refractivity contribution in [3.63, 3.8) is 0 Å². The van der Waals surface area contributed by atoms with E-state index in [0.717, 1.165) is 0 Å². The Labute approximate surface area is 108 Å². The number of hydrogen-bond acceptors (Lipinski definition) is 5. The van der Waals surface area contributed by atoms with E-state index >= 15 is 0 Å². The van der Waals surface area contributed by atoms with E-state index in [1.807, 2.05) is 6.07 Å². The molecule has 7 heteroatoms. The van der Waals surface area contributed by atoms with Crippen LogP contribution in [0.25, 0.3) is 0 Å². The first-order valence-corrected chi connectivity index (χ1v) is 5.40. The third kappa shape index (κ3) is 2.76. The zero-order valence-electron chi connectivity index (χ0n) is 9.47. The Bertz CT molecular complexity index is 537. The molecule has 1 rings (SSSR count). The zero-order valence-corrected chi connectivity index (χ0v) is 10.2. The number of nitro benzene ring substituents is 1. The molecule has 0 aliphatic carbocycles. The van der Waals surface area contributed by atoms with E-state index in [4.69, 9.17) is 16.9 Å². The maximum Gasteiger partial charge on any atom is 0.310 e. The van der Waals surface area contributed by atoms with Crippen molar-refractivity contribution in [3.05, 3.63) is 38.9 Å². The average molecular weight is 269 g/mol. The van der Waals surface area contributed by atoms with Gasteiger partial charge >= 0.3 is 5.97 Å². The van der Waals surface area contributed by atoms with Crippen molar-refractivity contribution >= 4 is 23.3 Å². The summed E-state index contributed by atoms with van der Waals surface area (Å²) in [5.74, 6) is -0.699. The first-order valence-electron chi connectivity index (χ1n) is 4.87. The molecule has 0 aliphatic rings. The average Bonchev–Trinajstić information content (AvgIpc) is 2.37. The van der Waals surface area contributed by atoms with Gasteiger partial charge in [0.15, 0.2) is 0 Å². The molecule has 94 valence electrons. The van der Waals surface area contributed by atoms with Crippen molar-refractivity contribution in [3.8, 4) is 6.07 Å². The van der Waals surface area contributed by atoms with Crippen molar-refractivity contribution in [2.45, 2.75) is 12.3 Å². The lowest BCUT2D eigenvalue weighted by Gasteiger charge is -2.07. The van der Waals surface area contributed by atoms with Crippen molar-refractivity contribution in [1.82, 2.24) is 0 Å². The molecule has 0 atom stereocenters. The number of alkyl halides is 1. The predicted octanol–water partition coefficient (Wildman–Crippen LogP) is 1.92. The summed E-state index contributed by atoms with van der Waals surface area (Å²) in [5.41, 5.74) is 0.316. The number of halogens is 1. The molecule has 0 amide bonds. The number of esters is 1. The van der Waals surface area contributed by atoms with Crippen LogP contribution in [0.5, 0.6) is 0 Å².